The molecule has 2 aliphatic heterocycles. The van der Waals surface area contributed by atoms with Crippen LogP contribution in [0.4, 0.5) is 5.69 Å². The van der Waals surface area contributed by atoms with Gasteiger partial charge >= 0.3 is 0 Å². The van der Waals surface area contributed by atoms with Gasteiger partial charge in [-0.1, -0.05) is 18.6 Å². The molecule has 1 aromatic carbocycles. The molecular weight excluding hydrogens is 332 g/mol. The van der Waals surface area contributed by atoms with Gasteiger partial charge in [0.25, 0.3) is 5.69 Å². The van der Waals surface area contributed by atoms with Crippen molar-refractivity contribution in [2.24, 2.45) is 0 Å². The molecule has 3 rings (SSSR count). The monoisotopic (exact) mass is 354 g/mol. The zero-order chi connectivity index (χ0) is 17.2. The highest BCUT2D eigenvalue weighted by Gasteiger charge is 2.31. The lowest BCUT2D eigenvalue weighted by Crippen LogP contribution is -2.60. The largest absolute Gasteiger partial charge is 0.310 e. The molecular formula is C15H22N4O4S. The minimum absolute atomic E-state index is 0.0110. The zero-order valence-corrected chi connectivity index (χ0v) is 14.2. The van der Waals surface area contributed by atoms with Crippen LogP contribution in [-0.4, -0.2) is 56.5 Å². The number of nitro groups is 1. The number of hydrogen-bond acceptors (Lipinski definition) is 6. The number of benzene rings is 1. The molecule has 0 amide bonds. The summed E-state index contributed by atoms with van der Waals surface area (Å²) in [6, 6.07) is 5.95. The van der Waals surface area contributed by atoms with Crippen molar-refractivity contribution in [2.45, 2.75) is 36.2 Å². The predicted octanol–water partition coefficient (Wildman–Crippen LogP) is 0.699. The fraction of sp³-hybridized carbons (Fsp3) is 0.600. The summed E-state index contributed by atoms with van der Waals surface area (Å²) in [4.78, 5) is 12.5. The first-order valence-electron chi connectivity index (χ1n) is 8.18. The molecule has 0 aromatic heterocycles. The Morgan fingerprint density at radius 3 is 2.92 bits per heavy atom. The maximum Gasteiger partial charge on any atom is 0.289 e. The van der Waals surface area contributed by atoms with E-state index in [2.05, 4.69) is 14.9 Å². The van der Waals surface area contributed by atoms with Gasteiger partial charge in [-0.15, -0.1) is 0 Å². The molecule has 24 heavy (non-hydrogen) atoms. The quantitative estimate of drug-likeness (QED) is 0.596. The summed E-state index contributed by atoms with van der Waals surface area (Å²) in [7, 11) is -3.91. The number of nitrogens with zero attached hydrogens (tertiary/aromatic N) is 2. The molecule has 1 aromatic rings. The Balaban J connectivity index is 1.65. The Bertz CT molecular complexity index is 709. The average Bonchev–Trinajstić information content (AvgIpc) is 2.60. The average molecular weight is 354 g/mol. The molecule has 2 fully saturated rings. The van der Waals surface area contributed by atoms with Crippen molar-refractivity contribution in [3.05, 3.63) is 34.4 Å². The van der Waals surface area contributed by atoms with Crippen LogP contribution in [-0.2, 0) is 10.0 Å². The summed E-state index contributed by atoms with van der Waals surface area (Å²) in [6.07, 6.45) is 3.62. The van der Waals surface area contributed by atoms with Crippen molar-refractivity contribution >= 4 is 15.7 Å². The Labute approximate surface area is 141 Å². The summed E-state index contributed by atoms with van der Waals surface area (Å²) in [5.41, 5.74) is -0.405. The molecule has 9 heteroatoms. The fourth-order valence-electron chi connectivity index (χ4n) is 3.44. The fourth-order valence-corrected chi connectivity index (χ4v) is 4.69. The van der Waals surface area contributed by atoms with Crippen LogP contribution in [0.2, 0.25) is 0 Å². The van der Waals surface area contributed by atoms with E-state index in [1.165, 1.54) is 43.5 Å². The summed E-state index contributed by atoms with van der Waals surface area (Å²) in [5, 5.41) is 14.4. The van der Waals surface area contributed by atoms with Crippen molar-refractivity contribution in [1.82, 2.24) is 14.9 Å². The molecule has 2 unspecified atom stereocenters. The highest BCUT2D eigenvalue weighted by atomic mass is 32.2. The van der Waals surface area contributed by atoms with E-state index >= 15 is 0 Å². The first-order valence-corrected chi connectivity index (χ1v) is 9.66. The molecule has 0 bridgehead atoms. The van der Waals surface area contributed by atoms with Gasteiger partial charge in [0.15, 0.2) is 4.90 Å². The van der Waals surface area contributed by atoms with Crippen LogP contribution in [0.3, 0.4) is 0 Å². The van der Waals surface area contributed by atoms with Crippen LogP contribution in [0.15, 0.2) is 29.2 Å². The maximum absolute atomic E-state index is 12.4. The molecule has 0 aliphatic carbocycles. The van der Waals surface area contributed by atoms with Crippen LogP contribution < -0.4 is 10.0 Å². The van der Waals surface area contributed by atoms with Gasteiger partial charge in [-0.25, -0.2) is 13.1 Å². The van der Waals surface area contributed by atoms with E-state index in [4.69, 9.17) is 0 Å². The van der Waals surface area contributed by atoms with E-state index in [0.717, 1.165) is 19.6 Å². The highest BCUT2D eigenvalue weighted by molar-refractivity contribution is 7.89. The Morgan fingerprint density at radius 2 is 2.12 bits per heavy atom. The number of hydrogen-bond donors (Lipinski definition) is 2. The molecule has 0 radical (unpaired) electrons. The number of piperidine rings is 1. The van der Waals surface area contributed by atoms with E-state index in [-0.39, 0.29) is 17.5 Å². The number of para-hydroxylation sites is 1. The van der Waals surface area contributed by atoms with Gasteiger partial charge in [-0.3, -0.25) is 15.0 Å². The normalized spacial score (nSPS) is 25.2. The Hall–Kier alpha value is -1.55. The molecule has 2 aliphatic rings. The number of piperazine rings is 1. The van der Waals surface area contributed by atoms with Gasteiger partial charge in [-0.05, 0) is 25.5 Å². The second-order valence-electron chi connectivity index (χ2n) is 6.33. The zero-order valence-electron chi connectivity index (χ0n) is 13.3. The Kier molecular flexibility index (Phi) is 5.14. The minimum Gasteiger partial charge on any atom is -0.310 e. The third-order valence-electron chi connectivity index (χ3n) is 4.72. The molecule has 2 N–H and O–H groups in total. The molecule has 132 valence electrons. The van der Waals surface area contributed by atoms with Gasteiger partial charge < -0.3 is 5.32 Å². The van der Waals surface area contributed by atoms with Crippen LogP contribution in [0, 0.1) is 10.1 Å². The van der Waals surface area contributed by atoms with Crippen molar-refractivity contribution in [1.29, 1.82) is 0 Å². The summed E-state index contributed by atoms with van der Waals surface area (Å²) < 4.78 is 27.4. The van der Waals surface area contributed by atoms with E-state index in [1.54, 1.807) is 0 Å². The van der Waals surface area contributed by atoms with E-state index in [9.17, 15) is 18.5 Å². The number of sulfonamides is 1. The first kappa shape index (κ1) is 17.3. The van der Waals surface area contributed by atoms with Gasteiger partial charge in [0.05, 0.1) is 4.92 Å². The van der Waals surface area contributed by atoms with E-state index in [0.29, 0.717) is 6.04 Å². The SMILES string of the molecule is O=[N+]([O-])c1ccccc1S(=O)(=O)NCC1CN2CCCCC2CN1. The smallest absolute Gasteiger partial charge is 0.289 e. The minimum atomic E-state index is -3.91. The summed E-state index contributed by atoms with van der Waals surface area (Å²) in [6.45, 7) is 2.93. The number of nitro benzene ring substituents is 1. The topological polar surface area (TPSA) is 105 Å². The number of nitrogens with one attached hydrogen (secondary N) is 2. The van der Waals surface area contributed by atoms with Crippen LogP contribution >= 0.6 is 0 Å². The van der Waals surface area contributed by atoms with Gasteiger partial charge in [-0.2, -0.15) is 0 Å². The molecule has 2 heterocycles. The lowest BCUT2D eigenvalue weighted by molar-refractivity contribution is -0.387. The van der Waals surface area contributed by atoms with Crippen LogP contribution in [0.25, 0.3) is 0 Å². The van der Waals surface area contributed by atoms with Crippen molar-refractivity contribution in [2.75, 3.05) is 26.2 Å². The number of rotatable bonds is 5. The molecule has 2 saturated heterocycles. The number of fused-ring (bicyclic) bond motifs is 1. The van der Waals surface area contributed by atoms with Crippen molar-refractivity contribution in [3.63, 3.8) is 0 Å². The van der Waals surface area contributed by atoms with E-state index in [1.807, 2.05) is 0 Å². The maximum atomic E-state index is 12.4. The van der Waals surface area contributed by atoms with Gasteiger partial charge in [0, 0.05) is 37.8 Å². The standard InChI is InChI=1S/C15H22N4O4S/c20-19(21)14-6-1-2-7-15(14)24(22,23)17-9-12-11-18-8-4-3-5-13(18)10-16-12/h1-2,6-7,12-13,16-17H,3-5,8-11H2. The second kappa shape index (κ2) is 7.14. The summed E-state index contributed by atoms with van der Waals surface area (Å²) >= 11 is 0. The molecule has 8 nitrogen and oxygen atoms in total. The van der Waals surface area contributed by atoms with Gasteiger partial charge in [0.2, 0.25) is 10.0 Å². The molecule has 0 spiro atoms. The lowest BCUT2D eigenvalue weighted by atomic mass is 9.98. The van der Waals surface area contributed by atoms with Crippen molar-refractivity contribution in [3.8, 4) is 0 Å². The third-order valence-corrected chi connectivity index (χ3v) is 6.19. The Morgan fingerprint density at radius 1 is 1.33 bits per heavy atom. The van der Waals surface area contributed by atoms with Crippen molar-refractivity contribution < 1.29 is 13.3 Å². The predicted molar refractivity (Wildman–Crippen MR) is 89.3 cm³/mol. The lowest BCUT2D eigenvalue weighted by Gasteiger charge is -2.43. The van der Waals surface area contributed by atoms with Crippen LogP contribution in [0.5, 0.6) is 0 Å². The first-order chi connectivity index (χ1) is 11.5. The van der Waals surface area contributed by atoms with Crippen LogP contribution in [0.1, 0.15) is 19.3 Å². The second-order valence-corrected chi connectivity index (χ2v) is 8.06. The van der Waals surface area contributed by atoms with E-state index < -0.39 is 20.6 Å². The highest BCUT2D eigenvalue weighted by Crippen LogP contribution is 2.23. The summed E-state index contributed by atoms with van der Waals surface area (Å²) in [5.74, 6) is 0. The van der Waals surface area contributed by atoms with Gasteiger partial charge in [0.1, 0.15) is 0 Å². The molecule has 0 saturated carbocycles. The molecule has 2 atom stereocenters. The third kappa shape index (κ3) is 3.75.